The predicted octanol–water partition coefficient (Wildman–Crippen LogP) is 2.52. The average molecular weight is 205 g/mol. The minimum Gasteiger partial charge on any atom is -0.369 e. The maximum Gasteiger partial charge on any atom is 0.101 e. The van der Waals surface area contributed by atoms with Crippen molar-refractivity contribution in [3.8, 4) is 0 Å². The van der Waals surface area contributed by atoms with E-state index in [1.807, 2.05) is 7.05 Å². The molecule has 1 atom stereocenters. The van der Waals surface area contributed by atoms with E-state index in [9.17, 15) is 0 Å². The zero-order valence-electron chi connectivity index (χ0n) is 9.92. The molecule has 0 saturated heterocycles. The Hall–Kier alpha value is -0.0200. The van der Waals surface area contributed by atoms with Gasteiger partial charge in [0.05, 0.1) is 11.1 Å². The summed E-state index contributed by atoms with van der Waals surface area (Å²) in [4.78, 5) is 4.34. The SMILES string of the molecule is CN=C(C(C)OC(C)C)S(C)(C)C. The van der Waals surface area contributed by atoms with Gasteiger partial charge in [-0.1, -0.05) is 0 Å². The summed E-state index contributed by atoms with van der Waals surface area (Å²) in [5.74, 6) is 0. The molecule has 0 radical (unpaired) electrons. The first-order chi connectivity index (χ1) is 5.79. The lowest BCUT2D eigenvalue weighted by Gasteiger charge is -2.32. The van der Waals surface area contributed by atoms with Gasteiger partial charge in [0, 0.05) is 7.05 Å². The van der Waals surface area contributed by atoms with Crippen molar-refractivity contribution in [3.05, 3.63) is 0 Å². The van der Waals surface area contributed by atoms with Gasteiger partial charge in [-0.2, -0.15) is 0 Å². The Morgan fingerprint density at radius 3 is 1.85 bits per heavy atom. The van der Waals surface area contributed by atoms with Crippen molar-refractivity contribution in [2.75, 3.05) is 25.8 Å². The summed E-state index contributed by atoms with van der Waals surface area (Å²) in [6, 6.07) is 0. The summed E-state index contributed by atoms with van der Waals surface area (Å²) in [5.41, 5.74) is 0. The lowest BCUT2D eigenvalue weighted by Crippen LogP contribution is -2.27. The molecule has 0 aromatic heterocycles. The third kappa shape index (κ3) is 4.67. The highest BCUT2D eigenvalue weighted by molar-refractivity contribution is 8.44. The van der Waals surface area contributed by atoms with E-state index >= 15 is 0 Å². The van der Waals surface area contributed by atoms with Gasteiger partial charge in [-0.25, -0.2) is 10.0 Å². The highest BCUT2D eigenvalue weighted by Gasteiger charge is 2.20. The van der Waals surface area contributed by atoms with Crippen LogP contribution in [0.25, 0.3) is 0 Å². The molecule has 0 rings (SSSR count). The van der Waals surface area contributed by atoms with Crippen molar-refractivity contribution in [2.45, 2.75) is 33.0 Å². The quantitative estimate of drug-likeness (QED) is 0.512. The Labute approximate surface area is 84.1 Å². The summed E-state index contributed by atoms with van der Waals surface area (Å²) in [7, 11) is 1.12. The van der Waals surface area contributed by atoms with Gasteiger partial charge in [-0.15, -0.1) is 0 Å². The van der Waals surface area contributed by atoms with Crippen LogP contribution in [0.15, 0.2) is 4.99 Å². The molecule has 0 amide bonds. The second-order valence-corrected chi connectivity index (χ2v) is 8.32. The fraction of sp³-hybridized carbons (Fsp3) is 0.900. The zero-order valence-corrected chi connectivity index (χ0v) is 10.7. The van der Waals surface area contributed by atoms with Crippen LogP contribution in [-0.4, -0.2) is 43.1 Å². The second kappa shape index (κ2) is 5.01. The van der Waals surface area contributed by atoms with Crippen LogP contribution >= 0.6 is 10.0 Å². The highest BCUT2D eigenvalue weighted by Crippen LogP contribution is 2.38. The third-order valence-corrected chi connectivity index (χ3v) is 3.44. The Morgan fingerprint density at radius 1 is 1.15 bits per heavy atom. The predicted molar refractivity (Wildman–Crippen MR) is 64.4 cm³/mol. The topological polar surface area (TPSA) is 21.6 Å². The number of hydrogen-bond donors (Lipinski definition) is 0. The zero-order chi connectivity index (χ0) is 10.6. The van der Waals surface area contributed by atoms with Crippen molar-refractivity contribution in [1.29, 1.82) is 0 Å². The number of ether oxygens (including phenoxy) is 1. The molecule has 2 nitrogen and oxygen atoms in total. The van der Waals surface area contributed by atoms with E-state index in [0.29, 0.717) is 0 Å². The van der Waals surface area contributed by atoms with Crippen molar-refractivity contribution in [2.24, 2.45) is 4.99 Å². The molecule has 0 saturated carbocycles. The lowest BCUT2D eigenvalue weighted by molar-refractivity contribution is 0.0582. The van der Waals surface area contributed by atoms with Gasteiger partial charge in [0.15, 0.2) is 0 Å². The second-order valence-electron chi connectivity index (χ2n) is 4.23. The first kappa shape index (κ1) is 13.0. The van der Waals surface area contributed by atoms with Crippen molar-refractivity contribution in [1.82, 2.24) is 0 Å². The van der Waals surface area contributed by atoms with Crippen molar-refractivity contribution >= 4 is 15.1 Å². The molecule has 0 bridgehead atoms. The maximum atomic E-state index is 5.72. The van der Waals surface area contributed by atoms with Crippen LogP contribution in [0, 0.1) is 0 Å². The van der Waals surface area contributed by atoms with Crippen LogP contribution in [0.2, 0.25) is 0 Å². The smallest absolute Gasteiger partial charge is 0.101 e. The molecule has 13 heavy (non-hydrogen) atoms. The van der Waals surface area contributed by atoms with Crippen LogP contribution in [0.5, 0.6) is 0 Å². The first-order valence-electron chi connectivity index (χ1n) is 4.59. The number of nitrogens with zero attached hydrogens (tertiary/aromatic N) is 1. The molecule has 0 aliphatic rings. The maximum absolute atomic E-state index is 5.72. The Morgan fingerprint density at radius 2 is 1.62 bits per heavy atom. The molecule has 3 heteroatoms. The minimum atomic E-state index is -0.735. The van der Waals surface area contributed by atoms with Crippen LogP contribution in [0.3, 0.4) is 0 Å². The molecule has 80 valence electrons. The fourth-order valence-corrected chi connectivity index (χ4v) is 3.02. The van der Waals surface area contributed by atoms with Crippen LogP contribution in [-0.2, 0) is 4.74 Å². The van der Waals surface area contributed by atoms with E-state index in [2.05, 4.69) is 44.5 Å². The van der Waals surface area contributed by atoms with E-state index in [-0.39, 0.29) is 12.2 Å². The lowest BCUT2D eigenvalue weighted by atomic mass is 10.4. The van der Waals surface area contributed by atoms with Crippen LogP contribution in [0.4, 0.5) is 0 Å². The number of aliphatic imine (C=N–C) groups is 1. The summed E-state index contributed by atoms with van der Waals surface area (Å²) in [6.07, 6.45) is 7.16. The minimum absolute atomic E-state index is 0.153. The summed E-state index contributed by atoms with van der Waals surface area (Å²) in [5, 5.41) is 1.21. The van der Waals surface area contributed by atoms with Gasteiger partial charge < -0.3 is 4.74 Å². The van der Waals surface area contributed by atoms with E-state index in [1.165, 1.54) is 5.04 Å². The van der Waals surface area contributed by atoms with Gasteiger partial charge >= 0.3 is 0 Å². The highest BCUT2D eigenvalue weighted by atomic mass is 32.3. The number of hydrogen-bond acceptors (Lipinski definition) is 2. The summed E-state index contributed by atoms with van der Waals surface area (Å²) in [6.45, 7) is 6.20. The van der Waals surface area contributed by atoms with Gasteiger partial charge in [-0.3, -0.25) is 4.99 Å². The molecule has 0 aliphatic carbocycles. The Kier molecular flexibility index (Phi) is 5.00. The van der Waals surface area contributed by atoms with Gasteiger partial charge in [0.2, 0.25) is 0 Å². The summed E-state index contributed by atoms with van der Waals surface area (Å²) >= 11 is 0. The molecule has 0 aromatic rings. The Bertz CT molecular complexity index is 182. The first-order valence-corrected chi connectivity index (χ1v) is 7.45. The standard InChI is InChI=1S/C10H23NOS/c1-8(2)12-9(3)10(11-4)13(5,6)7/h8-9H,1-7H3. The van der Waals surface area contributed by atoms with E-state index < -0.39 is 10.0 Å². The van der Waals surface area contributed by atoms with Crippen molar-refractivity contribution in [3.63, 3.8) is 0 Å². The van der Waals surface area contributed by atoms with E-state index in [0.717, 1.165) is 0 Å². The van der Waals surface area contributed by atoms with E-state index in [4.69, 9.17) is 4.74 Å². The molecule has 0 aliphatic heterocycles. The molecular weight excluding hydrogens is 182 g/mol. The molecule has 1 unspecified atom stereocenters. The number of rotatable bonds is 3. The molecule has 0 fully saturated rings. The molecule has 0 aromatic carbocycles. The monoisotopic (exact) mass is 205 g/mol. The summed E-state index contributed by atoms with van der Waals surface area (Å²) < 4.78 is 5.72. The molecule has 0 N–H and O–H groups in total. The molecule has 0 heterocycles. The van der Waals surface area contributed by atoms with Crippen molar-refractivity contribution < 1.29 is 4.74 Å². The molecular formula is C10H23NOS. The normalized spacial score (nSPS) is 17.7. The third-order valence-electron chi connectivity index (χ3n) is 1.67. The Balaban J connectivity index is 4.44. The van der Waals surface area contributed by atoms with Crippen LogP contribution < -0.4 is 0 Å². The molecule has 0 spiro atoms. The fourth-order valence-electron chi connectivity index (χ4n) is 1.42. The van der Waals surface area contributed by atoms with Gasteiger partial charge in [0.25, 0.3) is 0 Å². The van der Waals surface area contributed by atoms with Gasteiger partial charge in [-0.05, 0) is 39.5 Å². The largest absolute Gasteiger partial charge is 0.369 e. The van der Waals surface area contributed by atoms with Gasteiger partial charge in [0.1, 0.15) is 6.10 Å². The average Bonchev–Trinajstić information content (AvgIpc) is 1.82. The van der Waals surface area contributed by atoms with E-state index in [1.54, 1.807) is 0 Å². The van der Waals surface area contributed by atoms with Crippen LogP contribution in [0.1, 0.15) is 20.8 Å².